The highest BCUT2D eigenvalue weighted by Crippen LogP contribution is 2.28. The molecule has 1 aromatic carbocycles. The van der Waals surface area contributed by atoms with Crippen LogP contribution in [-0.4, -0.2) is 16.5 Å². The summed E-state index contributed by atoms with van der Waals surface area (Å²) in [6.45, 7) is 0.463. The number of hydrogen-bond acceptors (Lipinski definition) is 5. The molecule has 2 rings (SSSR count). The molecule has 0 aliphatic rings. The number of anilines is 1. The first kappa shape index (κ1) is 14.1. The van der Waals surface area contributed by atoms with Crippen molar-refractivity contribution in [3.8, 4) is 0 Å². The Kier molecular flexibility index (Phi) is 4.64. The molecule has 0 aliphatic carbocycles. The molecular weight excluding hydrogens is 384 g/mol. The van der Waals surface area contributed by atoms with Crippen LogP contribution >= 0.6 is 33.9 Å². The lowest BCUT2D eigenvalue weighted by atomic mass is 10.2. The van der Waals surface area contributed by atoms with Gasteiger partial charge in [0.2, 0.25) is 0 Å². The number of nitrogens with zero attached hydrogens (tertiary/aromatic N) is 2. The Morgan fingerprint density at radius 1 is 1.53 bits per heavy atom. The lowest BCUT2D eigenvalue weighted by Gasteiger charge is -2.07. The number of benzene rings is 1. The molecule has 1 heterocycles. The molecule has 1 N–H and O–H groups in total. The second-order valence-electron chi connectivity index (χ2n) is 3.70. The molecule has 0 unspecified atom stereocenters. The van der Waals surface area contributed by atoms with Gasteiger partial charge in [0, 0.05) is 30.5 Å². The van der Waals surface area contributed by atoms with Crippen molar-refractivity contribution >= 4 is 45.3 Å². The lowest BCUT2D eigenvalue weighted by molar-refractivity contribution is -0.384. The topological polar surface area (TPSA) is 68.1 Å². The van der Waals surface area contributed by atoms with Crippen molar-refractivity contribution in [3.05, 3.63) is 48.2 Å². The second kappa shape index (κ2) is 6.24. The summed E-state index contributed by atoms with van der Waals surface area (Å²) in [5.41, 5.74) is 2.70. The number of aromatic nitrogens is 1. The van der Waals surface area contributed by atoms with Crippen molar-refractivity contribution in [2.75, 3.05) is 11.9 Å². The summed E-state index contributed by atoms with van der Waals surface area (Å²) < 4.78 is 13.7. The maximum absolute atomic E-state index is 13.4. The Hall–Kier alpha value is -1.29. The third kappa shape index (κ3) is 3.60. The summed E-state index contributed by atoms with van der Waals surface area (Å²) in [7, 11) is 0. The van der Waals surface area contributed by atoms with Crippen LogP contribution < -0.4 is 5.32 Å². The molecule has 0 amide bonds. The van der Waals surface area contributed by atoms with E-state index in [9.17, 15) is 14.5 Å². The van der Waals surface area contributed by atoms with Gasteiger partial charge in [-0.1, -0.05) is 0 Å². The van der Waals surface area contributed by atoms with Gasteiger partial charge in [0.05, 0.1) is 19.7 Å². The molecule has 0 atom stereocenters. The van der Waals surface area contributed by atoms with Crippen LogP contribution in [0.4, 0.5) is 15.8 Å². The molecule has 19 heavy (non-hydrogen) atoms. The summed E-state index contributed by atoms with van der Waals surface area (Å²) >= 11 is 3.22. The second-order valence-corrected chi connectivity index (χ2v) is 5.58. The van der Waals surface area contributed by atoms with Crippen molar-refractivity contribution in [2.45, 2.75) is 6.42 Å². The minimum atomic E-state index is -0.521. The smallest absolute Gasteiger partial charge is 0.293 e. The van der Waals surface area contributed by atoms with Crippen LogP contribution in [0.5, 0.6) is 0 Å². The third-order valence-electron chi connectivity index (χ3n) is 2.42. The van der Waals surface area contributed by atoms with Crippen molar-refractivity contribution < 1.29 is 9.31 Å². The Bertz CT molecular complexity index is 592. The van der Waals surface area contributed by atoms with Crippen molar-refractivity contribution in [1.82, 2.24) is 4.98 Å². The molecule has 0 bridgehead atoms. The van der Waals surface area contributed by atoms with Gasteiger partial charge in [-0.05, 0) is 22.6 Å². The number of rotatable bonds is 5. The van der Waals surface area contributed by atoms with E-state index in [1.54, 1.807) is 28.1 Å². The number of nitrogens with one attached hydrogen (secondary N) is 1. The quantitative estimate of drug-likeness (QED) is 0.480. The van der Waals surface area contributed by atoms with Crippen LogP contribution in [0.15, 0.2) is 23.0 Å². The Morgan fingerprint density at radius 3 is 2.95 bits per heavy atom. The highest BCUT2D eigenvalue weighted by atomic mass is 127. The van der Waals surface area contributed by atoms with Gasteiger partial charge in [0.1, 0.15) is 11.5 Å². The van der Waals surface area contributed by atoms with Gasteiger partial charge < -0.3 is 5.32 Å². The van der Waals surface area contributed by atoms with E-state index in [1.165, 1.54) is 17.4 Å². The first-order valence-electron chi connectivity index (χ1n) is 5.32. The minimum Gasteiger partial charge on any atom is -0.379 e. The van der Waals surface area contributed by atoms with Crippen LogP contribution in [0.2, 0.25) is 0 Å². The van der Waals surface area contributed by atoms with Gasteiger partial charge in [-0.25, -0.2) is 9.37 Å². The molecule has 8 heteroatoms. The fourth-order valence-electron chi connectivity index (χ4n) is 1.52. The van der Waals surface area contributed by atoms with Crippen LogP contribution in [0, 0.1) is 19.5 Å². The number of hydrogen-bond donors (Lipinski definition) is 1. The van der Waals surface area contributed by atoms with Crippen molar-refractivity contribution in [1.29, 1.82) is 0 Å². The summed E-state index contributed by atoms with van der Waals surface area (Å²) in [5.74, 6) is -0.470. The molecule has 100 valence electrons. The highest BCUT2D eigenvalue weighted by Gasteiger charge is 2.17. The monoisotopic (exact) mass is 393 g/mol. The van der Waals surface area contributed by atoms with E-state index in [-0.39, 0.29) is 14.9 Å². The zero-order valence-corrected chi connectivity index (χ0v) is 12.6. The molecule has 2 aromatic rings. The molecule has 0 fully saturated rings. The number of nitro benzene ring substituents is 1. The van der Waals surface area contributed by atoms with Crippen molar-refractivity contribution in [3.63, 3.8) is 0 Å². The first-order chi connectivity index (χ1) is 9.08. The van der Waals surface area contributed by atoms with Gasteiger partial charge in [-0.2, -0.15) is 0 Å². The van der Waals surface area contributed by atoms with Crippen LogP contribution in [-0.2, 0) is 6.42 Å². The Balaban J connectivity index is 2.10. The Labute approximate surface area is 126 Å². The van der Waals surface area contributed by atoms with Gasteiger partial charge >= 0.3 is 0 Å². The van der Waals surface area contributed by atoms with Crippen LogP contribution in [0.3, 0.4) is 0 Å². The Morgan fingerprint density at radius 2 is 2.32 bits per heavy atom. The normalized spacial score (nSPS) is 10.4. The molecule has 0 saturated heterocycles. The van der Waals surface area contributed by atoms with E-state index in [0.29, 0.717) is 13.0 Å². The van der Waals surface area contributed by atoms with Crippen LogP contribution in [0.25, 0.3) is 0 Å². The third-order valence-corrected chi connectivity index (χ3v) is 3.88. The zero-order chi connectivity index (χ0) is 13.8. The molecule has 5 nitrogen and oxygen atoms in total. The lowest BCUT2D eigenvalue weighted by Crippen LogP contribution is -2.08. The number of thiazole rings is 1. The average Bonchev–Trinajstić information content (AvgIpc) is 2.86. The fourth-order valence-corrected chi connectivity index (χ4v) is 2.56. The van der Waals surface area contributed by atoms with E-state index in [1.807, 2.05) is 5.38 Å². The molecule has 0 spiro atoms. The fraction of sp³-hybridized carbons (Fsp3) is 0.182. The molecule has 0 saturated carbocycles. The maximum Gasteiger partial charge on any atom is 0.293 e. The van der Waals surface area contributed by atoms with E-state index < -0.39 is 10.7 Å². The number of nitro groups is 1. The zero-order valence-electron chi connectivity index (χ0n) is 9.60. The SMILES string of the molecule is O=[N+]([O-])c1cc(I)c(F)cc1NCCc1cscn1. The summed E-state index contributed by atoms with van der Waals surface area (Å²) in [6, 6.07) is 2.38. The minimum absolute atomic E-state index is 0.121. The van der Waals surface area contributed by atoms with E-state index in [4.69, 9.17) is 0 Å². The van der Waals surface area contributed by atoms with Crippen molar-refractivity contribution in [2.24, 2.45) is 0 Å². The van der Waals surface area contributed by atoms with Gasteiger partial charge in [0.15, 0.2) is 0 Å². The standard InChI is InChI=1S/C11H9FIN3O2S/c12-8-3-10(11(16(17)18)4-9(8)13)14-2-1-7-5-19-6-15-7/h3-6,14H,1-2H2. The van der Waals surface area contributed by atoms with E-state index in [2.05, 4.69) is 10.3 Å². The maximum atomic E-state index is 13.4. The average molecular weight is 393 g/mol. The molecule has 1 aromatic heterocycles. The van der Waals surface area contributed by atoms with E-state index in [0.717, 1.165) is 11.8 Å². The molecule has 0 aliphatic heterocycles. The van der Waals surface area contributed by atoms with Gasteiger partial charge in [-0.3, -0.25) is 10.1 Å². The van der Waals surface area contributed by atoms with E-state index >= 15 is 0 Å². The van der Waals surface area contributed by atoms with Crippen LogP contribution in [0.1, 0.15) is 5.69 Å². The largest absolute Gasteiger partial charge is 0.379 e. The summed E-state index contributed by atoms with van der Waals surface area (Å²) in [6.07, 6.45) is 0.633. The van der Waals surface area contributed by atoms with Gasteiger partial charge in [-0.15, -0.1) is 11.3 Å². The first-order valence-corrected chi connectivity index (χ1v) is 7.34. The number of halogens is 2. The van der Waals surface area contributed by atoms with Gasteiger partial charge in [0.25, 0.3) is 5.69 Å². The summed E-state index contributed by atoms with van der Waals surface area (Å²) in [4.78, 5) is 14.5. The molecular formula is C11H9FIN3O2S. The molecule has 0 radical (unpaired) electrons. The predicted octanol–water partition coefficient (Wildman–Crippen LogP) is 3.45. The highest BCUT2D eigenvalue weighted by molar-refractivity contribution is 14.1. The summed E-state index contributed by atoms with van der Waals surface area (Å²) in [5, 5.41) is 15.7. The predicted molar refractivity (Wildman–Crippen MR) is 80.1 cm³/mol.